The first kappa shape index (κ1) is 14.2. The molecule has 8 heteroatoms. The van der Waals surface area contributed by atoms with Crippen molar-refractivity contribution in [1.82, 2.24) is 25.0 Å². The molecule has 0 aromatic carbocycles. The first-order valence-electron chi connectivity index (χ1n) is 7.08. The van der Waals surface area contributed by atoms with Gasteiger partial charge in [-0.25, -0.2) is 9.67 Å². The maximum absolute atomic E-state index is 12.2. The molecule has 0 bridgehead atoms. The number of H-pyrrole nitrogens is 1. The third-order valence-corrected chi connectivity index (χ3v) is 4.25. The summed E-state index contributed by atoms with van der Waals surface area (Å²) in [5, 5.41) is 14.1. The number of aryl methyl sites for hydroxylation is 1. The highest BCUT2D eigenvalue weighted by Crippen LogP contribution is 2.30. The minimum absolute atomic E-state index is 0.0675. The van der Waals surface area contributed by atoms with E-state index in [2.05, 4.69) is 41.5 Å². The molecule has 112 valence electrons. The molecule has 0 atom stereocenters. The average molecular weight is 353 g/mol. The van der Waals surface area contributed by atoms with Crippen molar-refractivity contribution >= 4 is 21.6 Å². The lowest BCUT2D eigenvalue weighted by molar-refractivity contribution is 0.532. The first-order valence-corrected chi connectivity index (χ1v) is 7.87. The Hall–Kier alpha value is -1.70. The maximum atomic E-state index is 12.2. The monoisotopic (exact) mass is 352 g/mol. The lowest BCUT2D eigenvalue weighted by Crippen LogP contribution is -2.25. The molecule has 21 heavy (non-hydrogen) atoms. The third-order valence-electron chi connectivity index (χ3n) is 3.48. The van der Waals surface area contributed by atoms with Crippen molar-refractivity contribution in [3.8, 4) is 0 Å². The summed E-state index contributed by atoms with van der Waals surface area (Å²) < 4.78 is 2.10. The SMILES string of the molecule is O=c1c(Br)c(NCCCc2ncn[nH]2)cnn1CC1CC1. The Morgan fingerprint density at radius 2 is 2.33 bits per heavy atom. The van der Waals surface area contributed by atoms with Crippen molar-refractivity contribution in [3.05, 3.63) is 33.2 Å². The fraction of sp³-hybridized carbons (Fsp3) is 0.538. The number of halogens is 1. The van der Waals surface area contributed by atoms with Crippen LogP contribution in [0.15, 0.2) is 21.8 Å². The van der Waals surface area contributed by atoms with E-state index >= 15 is 0 Å². The lowest BCUT2D eigenvalue weighted by atomic mass is 10.3. The van der Waals surface area contributed by atoms with E-state index in [0.29, 0.717) is 10.4 Å². The van der Waals surface area contributed by atoms with Crippen LogP contribution in [-0.2, 0) is 13.0 Å². The fourth-order valence-electron chi connectivity index (χ4n) is 2.09. The molecule has 1 fully saturated rings. The summed E-state index contributed by atoms with van der Waals surface area (Å²) in [6, 6.07) is 0. The molecule has 0 amide bonds. The number of hydrogen-bond acceptors (Lipinski definition) is 5. The first-order chi connectivity index (χ1) is 10.2. The summed E-state index contributed by atoms with van der Waals surface area (Å²) in [6.07, 6.45) is 7.33. The van der Waals surface area contributed by atoms with E-state index < -0.39 is 0 Å². The van der Waals surface area contributed by atoms with Crippen LogP contribution in [0, 0.1) is 5.92 Å². The van der Waals surface area contributed by atoms with Crippen molar-refractivity contribution in [2.45, 2.75) is 32.2 Å². The standard InChI is InChI=1S/C13H17BrN6O/c14-12-10(15-5-1-2-11-16-8-17-19-11)6-18-20(13(12)21)7-9-3-4-9/h6,8-9,15H,1-5,7H2,(H,16,17,19). The van der Waals surface area contributed by atoms with Gasteiger partial charge >= 0.3 is 0 Å². The van der Waals surface area contributed by atoms with Crippen LogP contribution in [0.25, 0.3) is 0 Å². The Kier molecular flexibility index (Phi) is 4.33. The Labute approximate surface area is 130 Å². The molecule has 2 aromatic heterocycles. The van der Waals surface area contributed by atoms with E-state index in [-0.39, 0.29) is 5.56 Å². The zero-order chi connectivity index (χ0) is 14.7. The van der Waals surface area contributed by atoms with Crippen LogP contribution in [0.5, 0.6) is 0 Å². The normalized spacial score (nSPS) is 14.3. The van der Waals surface area contributed by atoms with Crippen LogP contribution in [0.4, 0.5) is 5.69 Å². The molecule has 2 heterocycles. The van der Waals surface area contributed by atoms with Crippen LogP contribution in [0.1, 0.15) is 25.1 Å². The highest BCUT2D eigenvalue weighted by molar-refractivity contribution is 9.10. The molecule has 0 radical (unpaired) electrons. The number of rotatable bonds is 7. The zero-order valence-corrected chi connectivity index (χ0v) is 13.1. The van der Waals surface area contributed by atoms with E-state index in [1.807, 2.05) is 0 Å². The lowest BCUT2D eigenvalue weighted by Gasteiger charge is -2.09. The van der Waals surface area contributed by atoms with Crippen molar-refractivity contribution in [2.24, 2.45) is 5.92 Å². The molecular formula is C13H17BrN6O. The molecule has 0 unspecified atom stereocenters. The molecule has 0 aliphatic heterocycles. The Morgan fingerprint density at radius 3 is 3.05 bits per heavy atom. The minimum atomic E-state index is -0.0675. The second-order valence-corrected chi connectivity index (χ2v) is 6.06. The largest absolute Gasteiger partial charge is 0.383 e. The molecular weight excluding hydrogens is 336 g/mol. The summed E-state index contributed by atoms with van der Waals surface area (Å²) in [4.78, 5) is 16.2. The molecule has 0 spiro atoms. The number of hydrogen-bond donors (Lipinski definition) is 2. The summed E-state index contributed by atoms with van der Waals surface area (Å²) in [7, 11) is 0. The number of aromatic nitrogens is 5. The Balaban J connectivity index is 1.55. The van der Waals surface area contributed by atoms with Crippen LogP contribution < -0.4 is 10.9 Å². The van der Waals surface area contributed by atoms with Gasteiger partial charge in [-0.1, -0.05) is 0 Å². The van der Waals surface area contributed by atoms with Gasteiger partial charge in [0.2, 0.25) is 0 Å². The zero-order valence-electron chi connectivity index (χ0n) is 11.5. The number of aromatic amines is 1. The van der Waals surface area contributed by atoms with Gasteiger partial charge in [0.1, 0.15) is 16.6 Å². The highest BCUT2D eigenvalue weighted by atomic mass is 79.9. The van der Waals surface area contributed by atoms with E-state index in [0.717, 1.165) is 37.4 Å². The van der Waals surface area contributed by atoms with E-state index in [1.54, 1.807) is 10.9 Å². The van der Waals surface area contributed by atoms with Gasteiger partial charge in [-0.15, -0.1) is 0 Å². The van der Waals surface area contributed by atoms with E-state index in [4.69, 9.17) is 0 Å². The predicted octanol–water partition coefficient (Wildman–Crippen LogP) is 1.58. The van der Waals surface area contributed by atoms with Gasteiger partial charge in [-0.3, -0.25) is 9.89 Å². The van der Waals surface area contributed by atoms with Crippen LogP contribution in [0.3, 0.4) is 0 Å². The Bertz CT molecular complexity index is 649. The summed E-state index contributed by atoms with van der Waals surface area (Å²) >= 11 is 3.37. The van der Waals surface area contributed by atoms with Crippen molar-refractivity contribution < 1.29 is 0 Å². The molecule has 0 saturated heterocycles. The average Bonchev–Trinajstić information content (AvgIpc) is 3.15. The van der Waals surface area contributed by atoms with Crippen molar-refractivity contribution in [2.75, 3.05) is 11.9 Å². The van der Waals surface area contributed by atoms with Gasteiger partial charge in [-0.05, 0) is 41.1 Å². The topological polar surface area (TPSA) is 88.5 Å². The van der Waals surface area contributed by atoms with Crippen molar-refractivity contribution in [1.29, 1.82) is 0 Å². The van der Waals surface area contributed by atoms with Gasteiger partial charge in [0.05, 0.1) is 11.9 Å². The van der Waals surface area contributed by atoms with Crippen LogP contribution in [-0.4, -0.2) is 31.5 Å². The number of nitrogens with one attached hydrogen (secondary N) is 2. The second-order valence-electron chi connectivity index (χ2n) is 5.27. The fourth-order valence-corrected chi connectivity index (χ4v) is 2.54. The van der Waals surface area contributed by atoms with Crippen LogP contribution >= 0.6 is 15.9 Å². The highest BCUT2D eigenvalue weighted by Gasteiger charge is 2.23. The van der Waals surface area contributed by atoms with Gasteiger partial charge in [-0.2, -0.15) is 10.2 Å². The molecule has 3 rings (SSSR count). The van der Waals surface area contributed by atoms with Gasteiger partial charge in [0, 0.05) is 19.5 Å². The van der Waals surface area contributed by atoms with E-state index in [9.17, 15) is 4.79 Å². The second kappa shape index (κ2) is 6.38. The van der Waals surface area contributed by atoms with Gasteiger partial charge < -0.3 is 5.32 Å². The molecule has 1 aliphatic rings. The minimum Gasteiger partial charge on any atom is -0.383 e. The quantitative estimate of drug-likeness (QED) is 0.738. The number of nitrogens with zero attached hydrogens (tertiary/aromatic N) is 4. The van der Waals surface area contributed by atoms with Crippen LogP contribution in [0.2, 0.25) is 0 Å². The van der Waals surface area contributed by atoms with Crippen molar-refractivity contribution in [3.63, 3.8) is 0 Å². The molecule has 1 aliphatic carbocycles. The maximum Gasteiger partial charge on any atom is 0.283 e. The summed E-state index contributed by atoms with van der Waals surface area (Å²) in [5.41, 5.74) is 0.673. The Morgan fingerprint density at radius 1 is 1.48 bits per heavy atom. The smallest absolute Gasteiger partial charge is 0.283 e. The summed E-state index contributed by atoms with van der Waals surface area (Å²) in [6.45, 7) is 1.47. The van der Waals surface area contributed by atoms with E-state index in [1.165, 1.54) is 19.2 Å². The number of anilines is 1. The molecule has 7 nitrogen and oxygen atoms in total. The third kappa shape index (κ3) is 3.69. The predicted molar refractivity (Wildman–Crippen MR) is 82.1 cm³/mol. The molecule has 1 saturated carbocycles. The van der Waals surface area contributed by atoms with Gasteiger partial charge in [0.15, 0.2) is 0 Å². The van der Waals surface area contributed by atoms with Gasteiger partial charge in [0.25, 0.3) is 5.56 Å². The molecule has 2 aromatic rings. The summed E-state index contributed by atoms with van der Waals surface area (Å²) in [5.74, 6) is 1.50. The molecule has 2 N–H and O–H groups in total.